The molecule has 0 bridgehead atoms. The molecule has 0 saturated heterocycles. The summed E-state index contributed by atoms with van der Waals surface area (Å²) in [6.45, 7) is 11.1. The third kappa shape index (κ3) is 6.34. The van der Waals surface area contributed by atoms with Crippen molar-refractivity contribution < 1.29 is 29.0 Å². The van der Waals surface area contributed by atoms with Crippen molar-refractivity contribution in [3.8, 4) is 0 Å². The highest BCUT2D eigenvalue weighted by molar-refractivity contribution is 6.21. The molecular weight excluding hydrogens is 526 g/mol. The minimum Gasteiger partial charge on any atom is -0.530 e. The summed E-state index contributed by atoms with van der Waals surface area (Å²) in [5.41, 5.74) is 0.831. The number of carbonyl (C=O) groups is 4. The third-order valence-corrected chi connectivity index (χ3v) is 6.70. The molecule has 41 heavy (non-hydrogen) atoms. The predicted molar refractivity (Wildman–Crippen MR) is 149 cm³/mol. The number of imide groups is 1. The van der Waals surface area contributed by atoms with E-state index in [0.717, 1.165) is 4.90 Å². The van der Waals surface area contributed by atoms with Crippen LogP contribution in [0, 0.1) is 5.41 Å². The van der Waals surface area contributed by atoms with Crippen LogP contribution in [0.5, 0.6) is 0 Å². The minimum atomic E-state index is -1.39. The highest BCUT2D eigenvalue weighted by Gasteiger charge is 2.40. The van der Waals surface area contributed by atoms with E-state index in [-0.39, 0.29) is 19.6 Å². The van der Waals surface area contributed by atoms with Gasteiger partial charge in [0.05, 0.1) is 35.1 Å². The van der Waals surface area contributed by atoms with Gasteiger partial charge in [-0.05, 0) is 56.9 Å². The van der Waals surface area contributed by atoms with Gasteiger partial charge in [-0.3, -0.25) is 14.5 Å². The van der Waals surface area contributed by atoms with Gasteiger partial charge in [-0.25, -0.2) is 9.78 Å². The molecule has 3 heterocycles. The van der Waals surface area contributed by atoms with Crippen molar-refractivity contribution in [3.05, 3.63) is 71.2 Å². The van der Waals surface area contributed by atoms with E-state index in [9.17, 15) is 24.3 Å². The first-order valence-corrected chi connectivity index (χ1v) is 13.5. The van der Waals surface area contributed by atoms with Gasteiger partial charge in [0, 0.05) is 19.3 Å². The number of ether oxygens (including phenoxy) is 1. The van der Waals surface area contributed by atoms with Crippen LogP contribution in [0.15, 0.2) is 48.7 Å². The van der Waals surface area contributed by atoms with Gasteiger partial charge in [0.2, 0.25) is 0 Å². The molecule has 4 rings (SSSR count). The van der Waals surface area contributed by atoms with E-state index >= 15 is 0 Å². The van der Waals surface area contributed by atoms with Gasteiger partial charge >= 0.3 is 6.09 Å². The summed E-state index contributed by atoms with van der Waals surface area (Å²) in [6, 6.07) is 11.3. The van der Waals surface area contributed by atoms with Crippen LogP contribution in [0.2, 0.25) is 0 Å². The standard InChI is InChI=1S/C30H37N5O6/c1-29(2,3)24(34(28(39)40)17-11-15-31-27(38)41-30(4,5)6)23-21(32-22-14-9-10-16-33(22)23)18-35-25(36)19-12-7-8-13-20(19)26(35)37/h7-10,12-14,16,24H,11,15,17-18H2,1-6H3,(H,31,38)(H,39,40)/p-1. The van der Waals surface area contributed by atoms with E-state index in [2.05, 4.69) is 5.32 Å². The molecule has 0 aliphatic carbocycles. The molecular formula is C30H36N5O6-. The zero-order valence-corrected chi connectivity index (χ0v) is 24.3. The van der Waals surface area contributed by atoms with Crippen LogP contribution in [0.25, 0.3) is 5.65 Å². The number of hydrogen-bond donors (Lipinski definition) is 1. The molecule has 1 aliphatic heterocycles. The molecule has 1 aromatic carbocycles. The monoisotopic (exact) mass is 562 g/mol. The van der Waals surface area contributed by atoms with Crippen molar-refractivity contribution in [3.63, 3.8) is 0 Å². The number of carbonyl (C=O) groups excluding carboxylic acids is 4. The second-order valence-electron chi connectivity index (χ2n) is 12.1. The quantitative estimate of drug-likeness (QED) is 0.326. The molecule has 0 radical (unpaired) electrons. The zero-order valence-electron chi connectivity index (χ0n) is 24.3. The fourth-order valence-corrected chi connectivity index (χ4v) is 5.11. The molecule has 218 valence electrons. The molecule has 1 atom stereocenters. The van der Waals surface area contributed by atoms with E-state index in [1.54, 1.807) is 67.8 Å². The molecule has 0 spiro atoms. The molecule has 11 nitrogen and oxygen atoms in total. The first-order chi connectivity index (χ1) is 19.2. The highest BCUT2D eigenvalue weighted by atomic mass is 16.6. The summed E-state index contributed by atoms with van der Waals surface area (Å²) < 4.78 is 7.05. The van der Waals surface area contributed by atoms with Crippen LogP contribution in [-0.2, 0) is 11.3 Å². The van der Waals surface area contributed by atoms with E-state index in [1.807, 2.05) is 26.8 Å². The van der Waals surface area contributed by atoms with Crippen LogP contribution in [-0.4, -0.2) is 61.9 Å². The largest absolute Gasteiger partial charge is 0.530 e. The predicted octanol–water partition coefficient (Wildman–Crippen LogP) is 3.78. The summed E-state index contributed by atoms with van der Waals surface area (Å²) in [6.07, 6.45) is 0.0963. The average molecular weight is 563 g/mol. The number of nitrogens with zero attached hydrogens (tertiary/aromatic N) is 4. The van der Waals surface area contributed by atoms with Gasteiger partial charge in [-0.15, -0.1) is 0 Å². The molecule has 3 aromatic rings. The number of benzene rings is 1. The van der Waals surface area contributed by atoms with E-state index in [0.29, 0.717) is 34.6 Å². The van der Waals surface area contributed by atoms with Gasteiger partial charge in [-0.1, -0.05) is 39.0 Å². The fourth-order valence-electron chi connectivity index (χ4n) is 5.11. The SMILES string of the molecule is CC(C)(C)OC(=O)NCCCN(C(=O)[O-])C(c1c(CN2C(=O)c3ccccc3C2=O)nc2ccccn12)C(C)(C)C. The molecule has 2 aromatic heterocycles. The number of pyridine rings is 1. The maximum Gasteiger partial charge on any atom is 0.407 e. The summed E-state index contributed by atoms with van der Waals surface area (Å²) >= 11 is 0. The average Bonchev–Trinajstić information content (AvgIpc) is 3.34. The number of fused-ring (bicyclic) bond motifs is 2. The Hall–Kier alpha value is -4.41. The maximum atomic E-state index is 13.2. The lowest BCUT2D eigenvalue weighted by Crippen LogP contribution is -2.49. The zero-order chi connectivity index (χ0) is 30.1. The Morgan fingerprint density at radius 3 is 2.17 bits per heavy atom. The van der Waals surface area contributed by atoms with Crippen molar-refractivity contribution in [1.29, 1.82) is 0 Å². The number of amides is 4. The first-order valence-electron chi connectivity index (χ1n) is 13.5. The number of imidazole rings is 1. The van der Waals surface area contributed by atoms with Crippen molar-refractivity contribution in [1.82, 2.24) is 24.5 Å². The summed E-state index contributed by atoms with van der Waals surface area (Å²) in [7, 11) is 0. The topological polar surface area (TPSA) is 136 Å². The molecule has 4 amide bonds. The normalized spacial score (nSPS) is 14.2. The second-order valence-corrected chi connectivity index (χ2v) is 12.1. The third-order valence-electron chi connectivity index (χ3n) is 6.70. The van der Waals surface area contributed by atoms with Crippen LogP contribution in [0.3, 0.4) is 0 Å². The number of nitrogens with one attached hydrogen (secondary N) is 1. The number of rotatable bonds is 8. The maximum absolute atomic E-state index is 13.2. The molecule has 1 N–H and O–H groups in total. The van der Waals surface area contributed by atoms with Crippen LogP contribution >= 0.6 is 0 Å². The number of aromatic nitrogens is 2. The molecule has 0 fully saturated rings. The van der Waals surface area contributed by atoms with Gasteiger partial charge in [0.25, 0.3) is 11.8 Å². The molecule has 1 aliphatic rings. The van der Waals surface area contributed by atoms with E-state index in [1.165, 1.54) is 4.90 Å². The Morgan fingerprint density at radius 2 is 1.61 bits per heavy atom. The fraction of sp³-hybridized carbons (Fsp3) is 0.433. The Bertz CT molecular complexity index is 1450. The van der Waals surface area contributed by atoms with Crippen LogP contribution < -0.4 is 10.4 Å². The van der Waals surface area contributed by atoms with E-state index in [4.69, 9.17) is 9.72 Å². The Kier molecular flexibility index (Phi) is 8.10. The van der Waals surface area contributed by atoms with Crippen molar-refractivity contribution in [2.24, 2.45) is 5.41 Å². The second kappa shape index (κ2) is 11.2. The Balaban J connectivity index is 1.67. The van der Waals surface area contributed by atoms with Crippen molar-refractivity contribution in [2.75, 3.05) is 13.1 Å². The number of alkyl carbamates (subject to hydrolysis) is 1. The lowest BCUT2D eigenvalue weighted by Gasteiger charge is -2.42. The van der Waals surface area contributed by atoms with Gasteiger partial charge in [0.1, 0.15) is 17.3 Å². The molecule has 11 heteroatoms. The summed E-state index contributed by atoms with van der Waals surface area (Å²) in [4.78, 5) is 58.1. The Morgan fingerprint density at radius 1 is 1.00 bits per heavy atom. The lowest BCUT2D eigenvalue weighted by molar-refractivity contribution is -0.270. The minimum absolute atomic E-state index is 0.0482. The summed E-state index contributed by atoms with van der Waals surface area (Å²) in [5, 5.41) is 15.3. The van der Waals surface area contributed by atoms with Crippen molar-refractivity contribution >= 4 is 29.6 Å². The highest BCUT2D eigenvalue weighted by Crippen LogP contribution is 2.40. The van der Waals surface area contributed by atoms with Crippen LogP contribution in [0.1, 0.15) is 86.1 Å². The van der Waals surface area contributed by atoms with E-state index < -0.39 is 41.1 Å². The first kappa shape index (κ1) is 29.6. The lowest BCUT2D eigenvalue weighted by atomic mass is 9.82. The van der Waals surface area contributed by atoms with Crippen molar-refractivity contribution in [2.45, 2.75) is 66.2 Å². The van der Waals surface area contributed by atoms with Gasteiger partial charge in [-0.2, -0.15) is 0 Å². The summed E-state index contributed by atoms with van der Waals surface area (Å²) in [5.74, 6) is -0.850. The van der Waals surface area contributed by atoms with Crippen LogP contribution in [0.4, 0.5) is 9.59 Å². The number of hydrogen-bond acceptors (Lipinski definition) is 7. The number of carboxylic acid groups (broad SMARTS) is 1. The Labute approximate surface area is 239 Å². The molecule has 0 saturated carbocycles. The molecule has 1 unspecified atom stereocenters. The van der Waals surface area contributed by atoms with Gasteiger partial charge in [0.15, 0.2) is 0 Å². The van der Waals surface area contributed by atoms with Gasteiger partial charge < -0.3 is 29.3 Å². The smallest absolute Gasteiger partial charge is 0.407 e.